The number of amides is 3. The summed E-state index contributed by atoms with van der Waals surface area (Å²) in [6, 6.07) is -0.0125. The third-order valence-corrected chi connectivity index (χ3v) is 3.18. The number of hydrogen-bond acceptors (Lipinski definition) is 6. The zero-order valence-corrected chi connectivity index (χ0v) is 11.5. The van der Waals surface area contributed by atoms with Crippen LogP contribution < -0.4 is 5.32 Å². The molecule has 1 atom stereocenters. The van der Waals surface area contributed by atoms with E-state index >= 15 is 0 Å². The number of aromatic nitrogens is 1. The lowest BCUT2D eigenvalue weighted by Gasteiger charge is -2.11. The van der Waals surface area contributed by atoms with Gasteiger partial charge in [0.2, 0.25) is 5.91 Å². The van der Waals surface area contributed by atoms with Gasteiger partial charge < -0.3 is 5.32 Å². The molecule has 0 aromatic carbocycles. The highest BCUT2D eigenvalue weighted by Gasteiger charge is 2.37. The fourth-order valence-electron chi connectivity index (χ4n) is 1.85. The molecule has 0 aliphatic carbocycles. The summed E-state index contributed by atoms with van der Waals surface area (Å²) in [7, 11) is 1.29. The van der Waals surface area contributed by atoms with Crippen molar-refractivity contribution in [2.45, 2.75) is 12.5 Å². The molecule has 1 aliphatic heterocycles. The fourth-order valence-corrected chi connectivity index (χ4v) is 2.01. The number of likely N-dealkylation sites (N-methyl/N-ethyl adjacent to an activating group) is 1. The first kappa shape index (κ1) is 14.9. The smallest absolute Gasteiger partial charge is 0.300 e. The second kappa shape index (κ2) is 5.44. The van der Waals surface area contributed by atoms with Crippen LogP contribution in [0.15, 0.2) is 12.3 Å². The van der Waals surface area contributed by atoms with Gasteiger partial charge in [0.25, 0.3) is 17.5 Å². The number of nitro groups is 1. The highest BCUT2D eigenvalue weighted by Crippen LogP contribution is 2.21. The standard InChI is InChI=1S/C11H9ClN4O5/c1-15-9(17)3-6(11(15)19)14-10(18)5-2-8(12)13-4-7(5)16(20)21/h2,4,6H,3H2,1H3,(H,14,18). The third-order valence-electron chi connectivity index (χ3n) is 2.98. The first-order valence-electron chi connectivity index (χ1n) is 5.72. The van der Waals surface area contributed by atoms with Crippen molar-refractivity contribution in [3.8, 4) is 0 Å². The minimum atomic E-state index is -1.04. The number of pyridine rings is 1. The van der Waals surface area contributed by atoms with Crippen molar-refractivity contribution in [1.29, 1.82) is 0 Å². The average molecular weight is 313 g/mol. The molecule has 1 saturated heterocycles. The Kier molecular flexibility index (Phi) is 3.85. The molecule has 1 aromatic heterocycles. The Hall–Kier alpha value is -2.55. The van der Waals surface area contributed by atoms with Gasteiger partial charge in [-0.05, 0) is 6.07 Å². The molecule has 21 heavy (non-hydrogen) atoms. The Morgan fingerprint density at radius 3 is 2.76 bits per heavy atom. The minimum absolute atomic E-state index is 0.100. The van der Waals surface area contributed by atoms with Gasteiger partial charge in [-0.1, -0.05) is 11.6 Å². The van der Waals surface area contributed by atoms with Gasteiger partial charge in [0.1, 0.15) is 23.0 Å². The van der Waals surface area contributed by atoms with Gasteiger partial charge in [-0.15, -0.1) is 0 Å². The molecule has 1 N–H and O–H groups in total. The monoisotopic (exact) mass is 312 g/mol. The molecule has 1 unspecified atom stereocenters. The van der Waals surface area contributed by atoms with Crippen molar-refractivity contribution in [2.75, 3.05) is 7.05 Å². The van der Waals surface area contributed by atoms with Crippen LogP contribution >= 0.6 is 11.6 Å². The molecule has 9 nitrogen and oxygen atoms in total. The van der Waals surface area contributed by atoms with Crippen LogP contribution in [0.3, 0.4) is 0 Å². The van der Waals surface area contributed by atoms with Gasteiger partial charge >= 0.3 is 0 Å². The molecular formula is C11H9ClN4O5. The van der Waals surface area contributed by atoms with E-state index in [0.717, 1.165) is 17.2 Å². The summed E-state index contributed by atoms with van der Waals surface area (Å²) in [5.41, 5.74) is -0.864. The number of carbonyl (C=O) groups is 3. The summed E-state index contributed by atoms with van der Waals surface area (Å²) in [6.07, 6.45) is 0.665. The van der Waals surface area contributed by atoms with E-state index < -0.39 is 34.4 Å². The first-order valence-corrected chi connectivity index (χ1v) is 6.10. The first-order chi connectivity index (χ1) is 9.81. The van der Waals surface area contributed by atoms with Crippen molar-refractivity contribution < 1.29 is 19.3 Å². The van der Waals surface area contributed by atoms with Crippen molar-refractivity contribution in [3.63, 3.8) is 0 Å². The Morgan fingerprint density at radius 1 is 1.57 bits per heavy atom. The highest BCUT2D eigenvalue weighted by atomic mass is 35.5. The van der Waals surface area contributed by atoms with E-state index in [4.69, 9.17) is 11.6 Å². The quantitative estimate of drug-likeness (QED) is 0.366. The number of carbonyl (C=O) groups excluding carboxylic acids is 3. The summed E-state index contributed by atoms with van der Waals surface area (Å²) < 4.78 is 0. The zero-order chi connectivity index (χ0) is 15.7. The molecule has 3 amide bonds. The topological polar surface area (TPSA) is 123 Å². The maximum Gasteiger partial charge on any atom is 0.300 e. The summed E-state index contributed by atoms with van der Waals surface area (Å²) in [5, 5.41) is 13.0. The molecule has 0 radical (unpaired) electrons. The van der Waals surface area contributed by atoms with Crippen LogP contribution in [-0.2, 0) is 9.59 Å². The van der Waals surface area contributed by atoms with E-state index in [1.54, 1.807) is 0 Å². The van der Waals surface area contributed by atoms with Gasteiger partial charge in [-0.3, -0.25) is 29.4 Å². The minimum Gasteiger partial charge on any atom is -0.339 e. The van der Waals surface area contributed by atoms with Gasteiger partial charge in [0.15, 0.2) is 0 Å². The molecule has 0 bridgehead atoms. The second-order valence-corrected chi connectivity index (χ2v) is 4.69. The number of imide groups is 1. The van der Waals surface area contributed by atoms with E-state index in [1.807, 2.05) is 0 Å². The number of nitrogens with zero attached hydrogens (tertiary/aromatic N) is 3. The van der Waals surface area contributed by atoms with Crippen molar-refractivity contribution in [1.82, 2.24) is 15.2 Å². The largest absolute Gasteiger partial charge is 0.339 e. The van der Waals surface area contributed by atoms with Crippen LogP contribution in [0.4, 0.5) is 5.69 Å². The zero-order valence-electron chi connectivity index (χ0n) is 10.7. The summed E-state index contributed by atoms with van der Waals surface area (Å²) in [6.45, 7) is 0. The van der Waals surface area contributed by atoms with Crippen LogP contribution in [0.5, 0.6) is 0 Å². The lowest BCUT2D eigenvalue weighted by atomic mass is 10.2. The Morgan fingerprint density at radius 2 is 2.24 bits per heavy atom. The molecule has 1 fully saturated rings. The van der Waals surface area contributed by atoms with Crippen LogP contribution in [0.2, 0.25) is 5.15 Å². The number of rotatable bonds is 3. The normalized spacial score (nSPS) is 18.0. The number of hydrogen-bond donors (Lipinski definition) is 1. The van der Waals surface area contributed by atoms with Gasteiger partial charge in [0.05, 0.1) is 11.3 Å². The SMILES string of the molecule is CN1C(=O)CC(NC(=O)c2cc(Cl)ncc2[N+](=O)[O-])C1=O. The Bertz CT molecular complexity index is 662. The molecular weight excluding hydrogens is 304 g/mol. The maximum atomic E-state index is 12.1. The van der Waals surface area contributed by atoms with Crippen LogP contribution in [-0.4, -0.2) is 45.6 Å². The molecule has 10 heteroatoms. The molecule has 1 aliphatic rings. The van der Waals surface area contributed by atoms with Gasteiger partial charge in [0, 0.05) is 7.05 Å². The lowest BCUT2D eigenvalue weighted by molar-refractivity contribution is -0.385. The number of nitrogens with one attached hydrogen (secondary N) is 1. The van der Waals surface area contributed by atoms with E-state index in [9.17, 15) is 24.5 Å². The van der Waals surface area contributed by atoms with E-state index in [0.29, 0.717) is 0 Å². The molecule has 1 aromatic rings. The molecule has 2 rings (SSSR count). The molecule has 110 valence electrons. The van der Waals surface area contributed by atoms with Crippen molar-refractivity contribution in [3.05, 3.63) is 33.1 Å². The lowest BCUT2D eigenvalue weighted by Crippen LogP contribution is -2.40. The Balaban J connectivity index is 2.25. The van der Waals surface area contributed by atoms with Crippen LogP contribution in [0, 0.1) is 10.1 Å². The number of halogens is 1. The van der Waals surface area contributed by atoms with Gasteiger partial charge in [-0.25, -0.2) is 4.98 Å². The van der Waals surface area contributed by atoms with Crippen molar-refractivity contribution >= 4 is 35.0 Å². The summed E-state index contributed by atoms with van der Waals surface area (Å²) in [5.74, 6) is -1.88. The predicted octanol–water partition coefficient (Wildman–Crippen LogP) is 0.130. The summed E-state index contributed by atoms with van der Waals surface area (Å²) in [4.78, 5) is 49.6. The van der Waals surface area contributed by atoms with E-state index in [1.165, 1.54) is 7.05 Å². The molecule has 2 heterocycles. The van der Waals surface area contributed by atoms with Crippen molar-refractivity contribution in [2.24, 2.45) is 0 Å². The van der Waals surface area contributed by atoms with Crippen LogP contribution in [0.25, 0.3) is 0 Å². The van der Waals surface area contributed by atoms with E-state index in [-0.39, 0.29) is 17.1 Å². The average Bonchev–Trinajstić information content (AvgIpc) is 2.66. The number of likely N-dealkylation sites (tertiary alicyclic amines) is 1. The fraction of sp³-hybridized carbons (Fsp3) is 0.273. The van der Waals surface area contributed by atoms with Gasteiger partial charge in [-0.2, -0.15) is 0 Å². The van der Waals surface area contributed by atoms with Crippen LogP contribution in [0.1, 0.15) is 16.8 Å². The maximum absolute atomic E-state index is 12.1. The highest BCUT2D eigenvalue weighted by molar-refractivity contribution is 6.29. The third kappa shape index (κ3) is 2.82. The second-order valence-electron chi connectivity index (χ2n) is 4.30. The molecule has 0 saturated carbocycles. The molecule has 0 spiro atoms. The predicted molar refractivity (Wildman–Crippen MR) is 69.5 cm³/mol. The Labute approximate surface area is 123 Å². The van der Waals surface area contributed by atoms with E-state index in [2.05, 4.69) is 10.3 Å². The summed E-state index contributed by atoms with van der Waals surface area (Å²) >= 11 is 5.61.